The van der Waals surface area contributed by atoms with Crippen LogP contribution in [0, 0.1) is 0 Å². The second kappa shape index (κ2) is 6.60. The first-order valence-corrected chi connectivity index (χ1v) is 6.34. The number of carbonyl (C=O) groups is 1. The van der Waals surface area contributed by atoms with E-state index in [4.69, 9.17) is 15.2 Å². The van der Waals surface area contributed by atoms with Gasteiger partial charge in [0.15, 0.2) is 0 Å². The predicted octanol–water partition coefficient (Wildman–Crippen LogP) is 1.81. The largest absolute Gasteiger partial charge is 0.497 e. The second-order valence-corrected chi connectivity index (χ2v) is 4.33. The molecule has 0 fully saturated rings. The Balaban J connectivity index is 2.12. The maximum atomic E-state index is 11.1. The zero-order chi connectivity index (χ0) is 15.2. The predicted molar refractivity (Wildman–Crippen MR) is 79.6 cm³/mol. The molecule has 2 aromatic rings. The number of pyridine rings is 1. The van der Waals surface area contributed by atoms with E-state index in [-0.39, 0.29) is 0 Å². The highest BCUT2D eigenvalue weighted by atomic mass is 16.5. The summed E-state index contributed by atoms with van der Waals surface area (Å²) in [5.74, 6) is 1.53. The van der Waals surface area contributed by atoms with Crippen LogP contribution in [0.3, 0.4) is 0 Å². The number of rotatable bonds is 6. The molecule has 1 aromatic carbocycles. The van der Waals surface area contributed by atoms with Gasteiger partial charge in [0, 0.05) is 29.9 Å². The van der Waals surface area contributed by atoms with E-state index in [0.717, 1.165) is 11.3 Å². The SMILES string of the molecule is COc1ccc(CNc2cc(C(N)=O)ccn2)c(OC)c1. The van der Waals surface area contributed by atoms with Crippen molar-refractivity contribution in [3.05, 3.63) is 47.7 Å². The van der Waals surface area contributed by atoms with Crippen molar-refractivity contribution < 1.29 is 14.3 Å². The summed E-state index contributed by atoms with van der Waals surface area (Å²) in [6, 6.07) is 8.75. The molecule has 1 amide bonds. The Kier molecular flexibility index (Phi) is 4.61. The molecule has 0 radical (unpaired) electrons. The number of amides is 1. The second-order valence-electron chi connectivity index (χ2n) is 4.33. The Morgan fingerprint density at radius 3 is 2.71 bits per heavy atom. The van der Waals surface area contributed by atoms with E-state index < -0.39 is 5.91 Å². The molecule has 0 unspecified atom stereocenters. The summed E-state index contributed by atoms with van der Waals surface area (Å²) in [7, 11) is 3.20. The number of primary amides is 1. The van der Waals surface area contributed by atoms with Gasteiger partial charge in [-0.15, -0.1) is 0 Å². The molecular formula is C15H17N3O3. The number of benzene rings is 1. The number of hydrogen-bond acceptors (Lipinski definition) is 5. The first kappa shape index (κ1) is 14.6. The van der Waals surface area contributed by atoms with Crippen molar-refractivity contribution in [3.63, 3.8) is 0 Å². The van der Waals surface area contributed by atoms with Crippen LogP contribution in [0.1, 0.15) is 15.9 Å². The van der Waals surface area contributed by atoms with Crippen molar-refractivity contribution >= 4 is 11.7 Å². The quantitative estimate of drug-likeness (QED) is 0.846. The lowest BCUT2D eigenvalue weighted by molar-refractivity contribution is 0.1000. The lowest BCUT2D eigenvalue weighted by Crippen LogP contribution is -2.12. The first-order chi connectivity index (χ1) is 10.1. The van der Waals surface area contributed by atoms with Crippen LogP contribution < -0.4 is 20.5 Å². The summed E-state index contributed by atoms with van der Waals surface area (Å²) >= 11 is 0. The number of aromatic nitrogens is 1. The van der Waals surface area contributed by atoms with Crippen molar-refractivity contribution in [2.45, 2.75) is 6.54 Å². The molecule has 1 aromatic heterocycles. The third-order valence-electron chi connectivity index (χ3n) is 3.00. The standard InChI is InChI=1S/C15H17N3O3/c1-20-12-4-3-11(13(8-12)21-2)9-18-14-7-10(15(16)19)5-6-17-14/h3-8H,9H2,1-2H3,(H2,16,19)(H,17,18). The molecule has 0 saturated heterocycles. The van der Waals surface area contributed by atoms with E-state index in [1.54, 1.807) is 26.4 Å². The molecule has 0 atom stereocenters. The molecule has 0 spiro atoms. The molecule has 0 bridgehead atoms. The summed E-state index contributed by atoms with van der Waals surface area (Å²) in [4.78, 5) is 15.3. The molecule has 2 rings (SSSR count). The highest BCUT2D eigenvalue weighted by Gasteiger charge is 2.06. The molecule has 1 heterocycles. The first-order valence-electron chi connectivity index (χ1n) is 6.34. The Hall–Kier alpha value is -2.76. The number of anilines is 1. The van der Waals surface area contributed by atoms with Crippen molar-refractivity contribution in [2.24, 2.45) is 5.73 Å². The van der Waals surface area contributed by atoms with Gasteiger partial charge in [-0.25, -0.2) is 4.98 Å². The summed E-state index contributed by atoms with van der Waals surface area (Å²) < 4.78 is 10.5. The van der Waals surface area contributed by atoms with Gasteiger partial charge in [0.2, 0.25) is 5.91 Å². The zero-order valence-corrected chi connectivity index (χ0v) is 11.9. The molecule has 0 aliphatic rings. The topological polar surface area (TPSA) is 86.5 Å². The zero-order valence-electron chi connectivity index (χ0n) is 11.9. The van der Waals surface area contributed by atoms with Gasteiger partial charge in [0.25, 0.3) is 0 Å². The fourth-order valence-electron chi connectivity index (χ4n) is 1.86. The lowest BCUT2D eigenvalue weighted by Gasteiger charge is -2.11. The van der Waals surface area contributed by atoms with E-state index in [2.05, 4.69) is 10.3 Å². The maximum Gasteiger partial charge on any atom is 0.248 e. The number of ether oxygens (including phenoxy) is 2. The molecule has 3 N–H and O–H groups in total. The van der Waals surface area contributed by atoms with Crippen LogP contribution in [0.2, 0.25) is 0 Å². The minimum absolute atomic E-state index is 0.411. The fraction of sp³-hybridized carbons (Fsp3) is 0.200. The van der Waals surface area contributed by atoms with E-state index in [1.807, 2.05) is 18.2 Å². The van der Waals surface area contributed by atoms with Crippen LogP contribution in [0.5, 0.6) is 11.5 Å². The minimum Gasteiger partial charge on any atom is -0.497 e. The van der Waals surface area contributed by atoms with Gasteiger partial charge < -0.3 is 20.5 Å². The van der Waals surface area contributed by atoms with E-state index in [9.17, 15) is 4.79 Å². The average molecular weight is 287 g/mol. The Morgan fingerprint density at radius 1 is 1.24 bits per heavy atom. The summed E-state index contributed by atoms with van der Waals surface area (Å²) in [5.41, 5.74) is 6.60. The molecule has 0 saturated carbocycles. The van der Waals surface area contributed by atoms with Crippen LogP contribution in [-0.4, -0.2) is 25.1 Å². The number of hydrogen-bond donors (Lipinski definition) is 2. The van der Waals surface area contributed by atoms with Crippen molar-refractivity contribution in [1.82, 2.24) is 4.98 Å². The van der Waals surface area contributed by atoms with E-state index in [1.165, 1.54) is 6.20 Å². The smallest absolute Gasteiger partial charge is 0.248 e. The van der Waals surface area contributed by atoms with Gasteiger partial charge in [-0.1, -0.05) is 0 Å². The molecule has 0 aliphatic heterocycles. The minimum atomic E-state index is -0.484. The Morgan fingerprint density at radius 2 is 2.05 bits per heavy atom. The molecular weight excluding hydrogens is 270 g/mol. The molecule has 6 heteroatoms. The number of nitrogens with zero attached hydrogens (tertiary/aromatic N) is 1. The highest BCUT2D eigenvalue weighted by molar-refractivity contribution is 5.93. The van der Waals surface area contributed by atoms with Gasteiger partial charge in [-0.2, -0.15) is 0 Å². The van der Waals surface area contributed by atoms with Crippen LogP contribution in [0.4, 0.5) is 5.82 Å². The number of carbonyl (C=O) groups excluding carboxylic acids is 1. The lowest BCUT2D eigenvalue weighted by atomic mass is 10.2. The number of nitrogens with one attached hydrogen (secondary N) is 1. The monoisotopic (exact) mass is 287 g/mol. The average Bonchev–Trinajstić information content (AvgIpc) is 2.53. The molecule has 6 nitrogen and oxygen atoms in total. The number of methoxy groups -OCH3 is 2. The summed E-state index contributed by atoms with van der Waals surface area (Å²) in [5, 5.41) is 3.13. The van der Waals surface area contributed by atoms with Gasteiger partial charge >= 0.3 is 0 Å². The van der Waals surface area contributed by atoms with E-state index in [0.29, 0.717) is 23.7 Å². The Labute approximate surface area is 122 Å². The third-order valence-corrected chi connectivity index (χ3v) is 3.00. The maximum absolute atomic E-state index is 11.1. The normalized spacial score (nSPS) is 10.0. The van der Waals surface area contributed by atoms with Crippen LogP contribution >= 0.6 is 0 Å². The van der Waals surface area contributed by atoms with Crippen molar-refractivity contribution in [2.75, 3.05) is 19.5 Å². The third kappa shape index (κ3) is 3.62. The van der Waals surface area contributed by atoms with Crippen molar-refractivity contribution in [1.29, 1.82) is 0 Å². The van der Waals surface area contributed by atoms with Crippen LogP contribution in [-0.2, 0) is 6.54 Å². The Bertz CT molecular complexity index is 644. The van der Waals surface area contributed by atoms with Gasteiger partial charge in [0.1, 0.15) is 17.3 Å². The highest BCUT2D eigenvalue weighted by Crippen LogP contribution is 2.25. The number of nitrogens with two attached hydrogens (primary N) is 1. The van der Waals surface area contributed by atoms with Gasteiger partial charge in [0.05, 0.1) is 14.2 Å². The van der Waals surface area contributed by atoms with Gasteiger partial charge in [-0.05, 0) is 24.3 Å². The molecule has 0 aliphatic carbocycles. The van der Waals surface area contributed by atoms with Crippen LogP contribution in [0.25, 0.3) is 0 Å². The van der Waals surface area contributed by atoms with Crippen LogP contribution in [0.15, 0.2) is 36.5 Å². The molecule has 21 heavy (non-hydrogen) atoms. The summed E-state index contributed by atoms with van der Waals surface area (Å²) in [6.07, 6.45) is 1.54. The van der Waals surface area contributed by atoms with Gasteiger partial charge in [-0.3, -0.25) is 4.79 Å². The fourth-order valence-corrected chi connectivity index (χ4v) is 1.86. The molecule has 110 valence electrons. The van der Waals surface area contributed by atoms with Crippen molar-refractivity contribution in [3.8, 4) is 11.5 Å². The summed E-state index contributed by atoms with van der Waals surface area (Å²) in [6.45, 7) is 0.502. The van der Waals surface area contributed by atoms with E-state index >= 15 is 0 Å².